The molecule has 1 aromatic heterocycles. The molecule has 1 heterocycles. The molecule has 0 radical (unpaired) electrons. The molecular formula is C6H9N3O3. The summed E-state index contributed by atoms with van der Waals surface area (Å²) in [5.74, 6) is 4.36. The summed E-state index contributed by atoms with van der Waals surface area (Å²) in [4.78, 5) is 10.9. The predicted octanol–water partition coefficient (Wildman–Crippen LogP) is -0.576. The molecule has 0 bridgehead atoms. The van der Waals surface area contributed by atoms with Crippen LogP contribution in [0.5, 0.6) is 0 Å². The molecule has 0 fully saturated rings. The van der Waals surface area contributed by atoms with Crippen molar-refractivity contribution in [3.8, 4) is 0 Å². The summed E-state index contributed by atoms with van der Waals surface area (Å²) in [7, 11) is -2.51. The lowest BCUT2D eigenvalue weighted by Gasteiger charge is -1.89. The number of methoxy groups -OCH3 is 1. The summed E-state index contributed by atoms with van der Waals surface area (Å²) in [6.45, 7) is -0.290. The Morgan fingerprint density at radius 2 is 2.92 bits per heavy atom. The highest BCUT2D eigenvalue weighted by molar-refractivity contribution is 5.91. The summed E-state index contributed by atoms with van der Waals surface area (Å²) >= 11 is 0. The molecule has 0 aliphatic carbocycles. The SMILES string of the molecule is [2H]C([2H])([2H])OCc1cc(C(=O)NN)no1. The molecule has 6 heteroatoms. The van der Waals surface area contributed by atoms with E-state index in [1.54, 1.807) is 0 Å². The van der Waals surface area contributed by atoms with Gasteiger partial charge in [0.05, 0.1) is 4.11 Å². The second-order valence-electron chi connectivity index (χ2n) is 1.94. The fraction of sp³-hybridized carbons (Fsp3) is 0.333. The lowest BCUT2D eigenvalue weighted by atomic mass is 10.3. The first-order valence-corrected chi connectivity index (χ1v) is 3.03. The third-order valence-electron chi connectivity index (χ3n) is 1.14. The fourth-order valence-corrected chi connectivity index (χ4v) is 0.633. The van der Waals surface area contributed by atoms with Gasteiger partial charge in [0.15, 0.2) is 11.5 Å². The topological polar surface area (TPSA) is 90.4 Å². The molecule has 0 aliphatic heterocycles. The van der Waals surface area contributed by atoms with Crippen LogP contribution in [0.15, 0.2) is 10.6 Å². The smallest absolute Gasteiger partial charge is 0.287 e. The number of rotatable bonds is 3. The quantitative estimate of drug-likeness (QED) is 0.363. The molecule has 1 amide bonds. The number of nitrogens with two attached hydrogens (primary N) is 1. The molecule has 0 atom stereocenters. The van der Waals surface area contributed by atoms with Gasteiger partial charge in [-0.3, -0.25) is 10.2 Å². The molecule has 1 aromatic rings. The van der Waals surface area contributed by atoms with Crippen molar-refractivity contribution in [2.24, 2.45) is 5.84 Å². The van der Waals surface area contributed by atoms with E-state index in [0.29, 0.717) is 0 Å². The number of hydrogen-bond acceptors (Lipinski definition) is 5. The third-order valence-corrected chi connectivity index (χ3v) is 1.14. The van der Waals surface area contributed by atoms with Gasteiger partial charge in [-0.25, -0.2) is 5.84 Å². The van der Waals surface area contributed by atoms with E-state index >= 15 is 0 Å². The standard InChI is InChI=1S/C6H9N3O3/c1-11-3-4-2-5(9-12-4)6(10)8-7/h2H,3,7H2,1H3,(H,8,10)/i1D3. The number of aromatic nitrogens is 1. The molecule has 0 spiro atoms. The van der Waals surface area contributed by atoms with Crippen molar-refractivity contribution in [2.45, 2.75) is 6.61 Å². The van der Waals surface area contributed by atoms with E-state index in [-0.39, 0.29) is 18.1 Å². The Morgan fingerprint density at radius 1 is 2.08 bits per heavy atom. The van der Waals surface area contributed by atoms with Gasteiger partial charge >= 0.3 is 0 Å². The molecule has 6 nitrogen and oxygen atoms in total. The molecule has 0 saturated heterocycles. The second-order valence-corrected chi connectivity index (χ2v) is 1.94. The average Bonchev–Trinajstić information content (AvgIpc) is 2.61. The number of ether oxygens (including phenoxy) is 1. The largest absolute Gasteiger partial charge is 0.377 e. The van der Waals surface area contributed by atoms with Crippen LogP contribution in [0.3, 0.4) is 0 Å². The highest BCUT2D eigenvalue weighted by atomic mass is 16.5. The van der Waals surface area contributed by atoms with Crippen LogP contribution in [0.25, 0.3) is 0 Å². The van der Waals surface area contributed by atoms with Gasteiger partial charge in [0.25, 0.3) is 5.91 Å². The van der Waals surface area contributed by atoms with Gasteiger partial charge in [-0.15, -0.1) is 0 Å². The Hall–Kier alpha value is -1.40. The van der Waals surface area contributed by atoms with Crippen molar-refractivity contribution in [3.63, 3.8) is 0 Å². The summed E-state index contributed by atoms with van der Waals surface area (Å²) in [5, 5.41) is 3.36. The maximum absolute atomic E-state index is 10.9. The zero-order valence-electron chi connectivity index (χ0n) is 9.03. The molecule has 0 aromatic carbocycles. The Morgan fingerprint density at radius 3 is 3.58 bits per heavy atom. The van der Waals surface area contributed by atoms with Gasteiger partial charge in [-0.1, -0.05) is 5.16 Å². The zero-order valence-corrected chi connectivity index (χ0v) is 6.03. The van der Waals surface area contributed by atoms with Crippen LogP contribution in [0, 0.1) is 0 Å². The summed E-state index contributed by atoms with van der Waals surface area (Å²) in [6, 6.07) is 1.24. The lowest BCUT2D eigenvalue weighted by molar-refractivity contribution is 0.0944. The number of carbonyl (C=O) groups is 1. The second kappa shape index (κ2) is 3.84. The minimum Gasteiger partial charge on any atom is -0.377 e. The van der Waals surface area contributed by atoms with E-state index in [4.69, 9.17) is 9.95 Å². The number of carbonyl (C=O) groups excluding carboxylic acids is 1. The minimum absolute atomic E-state index is 0.0401. The van der Waals surface area contributed by atoms with Crippen molar-refractivity contribution in [1.29, 1.82) is 0 Å². The third kappa shape index (κ3) is 1.80. The van der Waals surface area contributed by atoms with E-state index in [0.717, 1.165) is 0 Å². The van der Waals surface area contributed by atoms with Crippen LogP contribution in [0.1, 0.15) is 20.4 Å². The number of hydrazine groups is 1. The number of nitrogens with one attached hydrogen (secondary N) is 1. The number of nitrogens with zero attached hydrogens (tertiary/aromatic N) is 1. The van der Waals surface area contributed by atoms with E-state index in [1.807, 2.05) is 5.43 Å². The van der Waals surface area contributed by atoms with Crippen LogP contribution in [0.4, 0.5) is 0 Å². The van der Waals surface area contributed by atoms with E-state index in [9.17, 15) is 4.79 Å². The molecule has 0 unspecified atom stereocenters. The summed E-state index contributed by atoms with van der Waals surface area (Å²) in [5.41, 5.74) is 1.81. The Bertz CT molecular complexity index is 349. The average molecular weight is 174 g/mol. The van der Waals surface area contributed by atoms with E-state index in [1.165, 1.54) is 6.07 Å². The van der Waals surface area contributed by atoms with Gasteiger partial charge < -0.3 is 9.26 Å². The number of hydrogen-bond donors (Lipinski definition) is 2. The van der Waals surface area contributed by atoms with Crippen LogP contribution >= 0.6 is 0 Å². The monoisotopic (exact) mass is 174 g/mol. The normalized spacial score (nSPS) is 14.6. The van der Waals surface area contributed by atoms with Crippen molar-refractivity contribution >= 4 is 5.91 Å². The van der Waals surface area contributed by atoms with Gasteiger partial charge in [-0.05, 0) is 0 Å². The van der Waals surface area contributed by atoms with Crippen LogP contribution in [0.2, 0.25) is 0 Å². The number of amides is 1. The van der Waals surface area contributed by atoms with E-state index < -0.39 is 12.9 Å². The molecule has 66 valence electrons. The van der Waals surface area contributed by atoms with Crippen LogP contribution in [-0.4, -0.2) is 18.1 Å². The highest BCUT2D eigenvalue weighted by Crippen LogP contribution is 2.03. The number of nitrogen functional groups attached to an aromatic ring is 1. The van der Waals surface area contributed by atoms with Crippen molar-refractivity contribution in [1.82, 2.24) is 10.6 Å². The minimum atomic E-state index is -2.51. The molecule has 0 saturated carbocycles. The van der Waals surface area contributed by atoms with Gasteiger partial charge in [-0.2, -0.15) is 0 Å². The van der Waals surface area contributed by atoms with Gasteiger partial charge in [0.1, 0.15) is 6.61 Å². The molecular weight excluding hydrogens is 162 g/mol. The zero-order chi connectivity index (χ0) is 11.5. The summed E-state index contributed by atoms with van der Waals surface area (Å²) < 4.78 is 29.4. The van der Waals surface area contributed by atoms with E-state index in [2.05, 4.69) is 14.4 Å². The van der Waals surface area contributed by atoms with Crippen molar-refractivity contribution < 1.29 is 18.2 Å². The Balaban J connectivity index is 2.57. The van der Waals surface area contributed by atoms with Crippen molar-refractivity contribution in [3.05, 3.63) is 17.5 Å². The molecule has 12 heavy (non-hydrogen) atoms. The molecule has 3 N–H and O–H groups in total. The van der Waals surface area contributed by atoms with Crippen LogP contribution < -0.4 is 11.3 Å². The van der Waals surface area contributed by atoms with Gasteiger partial charge in [0.2, 0.25) is 0 Å². The first-order chi connectivity index (χ1) is 6.92. The lowest BCUT2D eigenvalue weighted by Crippen LogP contribution is -2.30. The Kier molecular flexibility index (Phi) is 1.69. The maximum Gasteiger partial charge on any atom is 0.287 e. The van der Waals surface area contributed by atoms with Gasteiger partial charge in [0, 0.05) is 13.1 Å². The molecule has 1 rings (SSSR count). The predicted molar refractivity (Wildman–Crippen MR) is 38.9 cm³/mol. The highest BCUT2D eigenvalue weighted by Gasteiger charge is 2.10. The molecule has 0 aliphatic rings. The first-order valence-electron chi connectivity index (χ1n) is 4.53. The first kappa shape index (κ1) is 5.28. The maximum atomic E-state index is 10.9. The van der Waals surface area contributed by atoms with Crippen LogP contribution in [-0.2, 0) is 11.3 Å². The fourth-order valence-electron chi connectivity index (χ4n) is 0.633. The van der Waals surface area contributed by atoms with Crippen molar-refractivity contribution in [2.75, 3.05) is 7.04 Å². The summed E-state index contributed by atoms with van der Waals surface area (Å²) in [6.07, 6.45) is 0. The Labute approximate surface area is 72.8 Å².